The molecule has 0 radical (unpaired) electrons. The van der Waals surface area contributed by atoms with Gasteiger partial charge in [0.2, 0.25) is 5.78 Å². The summed E-state index contributed by atoms with van der Waals surface area (Å²) in [5.74, 6) is -5.75. The van der Waals surface area contributed by atoms with Crippen LogP contribution in [0.5, 0.6) is 0 Å². The fourth-order valence-corrected chi connectivity index (χ4v) is 9.64. The van der Waals surface area contributed by atoms with Crippen molar-refractivity contribution < 1.29 is 62.6 Å². The smallest absolute Gasteiger partial charge is 0.338 e. The molecule has 1 amide bonds. The number of ketones is 1. The van der Waals surface area contributed by atoms with Crippen LogP contribution in [0.2, 0.25) is 0 Å². The van der Waals surface area contributed by atoms with Gasteiger partial charge in [-0.2, -0.15) is 0 Å². The summed E-state index contributed by atoms with van der Waals surface area (Å²) >= 11 is 0. The monoisotopic (exact) mass is 904 g/mol. The van der Waals surface area contributed by atoms with E-state index in [1.165, 1.54) is 31.2 Å². The lowest BCUT2D eigenvalue weighted by Gasteiger charge is -2.60. The molecule has 1 fully saturated rings. The topological polar surface area (TPSA) is 242 Å². The number of allylic oxidation sites excluding steroid dienone is 1. The zero-order chi connectivity index (χ0) is 47.4. The number of hydrogen-bond acceptors (Lipinski definition) is 14. The lowest BCUT2D eigenvalue weighted by Crippen LogP contribution is -2.73. The van der Waals surface area contributed by atoms with E-state index in [0.717, 1.165) is 0 Å². The van der Waals surface area contributed by atoms with Crippen LogP contribution in [-0.4, -0.2) is 102 Å². The third-order valence-electron chi connectivity index (χ3n) is 13.0. The number of nitrogens with one attached hydrogen (secondary N) is 1. The highest BCUT2D eigenvalue weighted by Crippen LogP contribution is 2.58. The number of benzene rings is 3. The molecule has 3 aromatic rings. The Morgan fingerprint density at radius 2 is 1.61 bits per heavy atom. The first kappa shape index (κ1) is 47.3. The van der Waals surface area contributed by atoms with Gasteiger partial charge in [-0.1, -0.05) is 85.7 Å². The highest BCUT2D eigenvalue weighted by molar-refractivity contribution is 6.09. The summed E-state index contributed by atoms with van der Waals surface area (Å²) in [6.45, 7) is 7.50. The number of azide groups is 1. The van der Waals surface area contributed by atoms with Gasteiger partial charge in [-0.05, 0) is 66.4 Å². The average Bonchev–Trinajstić information content (AvgIpc) is 3.29. The van der Waals surface area contributed by atoms with E-state index in [2.05, 4.69) is 15.3 Å². The molecule has 2 aliphatic carbocycles. The third kappa shape index (κ3) is 9.00. The van der Waals surface area contributed by atoms with Crippen molar-refractivity contribution in [3.63, 3.8) is 0 Å². The normalized spacial score (nSPS) is 28.4. The van der Waals surface area contributed by atoms with Gasteiger partial charge in [0.15, 0.2) is 17.5 Å². The molecule has 346 valence electrons. The van der Waals surface area contributed by atoms with Crippen LogP contribution < -0.4 is 5.32 Å². The molecule has 0 aromatic heterocycles. The van der Waals surface area contributed by atoms with Crippen molar-refractivity contribution in [3.8, 4) is 0 Å². The second-order valence-corrected chi connectivity index (χ2v) is 17.3. The lowest BCUT2D eigenvalue weighted by molar-refractivity contribution is -0.296. The van der Waals surface area contributed by atoms with Crippen LogP contribution >= 0.6 is 0 Å². The predicted octanol–water partition coefficient (Wildman–Crippen LogP) is 6.24. The van der Waals surface area contributed by atoms with Crippen LogP contribution in [0, 0.1) is 11.3 Å². The Morgan fingerprint density at radius 1 is 0.924 bits per heavy atom. The van der Waals surface area contributed by atoms with Gasteiger partial charge in [0.05, 0.1) is 30.7 Å². The fraction of sp³-hybridized carbons (Fsp3) is 0.408. The number of aliphatic hydroxyl groups is 2. The SMILES string of the molecule is CC(=O)O[C@@]12CO[C@@H]1CCOC/C=C/CO/C1=C(\C)[C@@H]2[C@H](OC(=O)c2cccc(N=[N+]=[N-])c2)[C@]2(O)C[C@H](OC(=O)[C@H](O)[C@@H](NC(=O)c3ccccc3)c3ccccc3)C(C)=C(C1=O)C2(C)C. The number of aliphatic hydroxyl groups excluding tert-OH is 1. The lowest BCUT2D eigenvalue weighted by atomic mass is 9.53. The van der Waals surface area contributed by atoms with Crippen LogP contribution in [0.15, 0.2) is 125 Å². The number of Topliss-reactive ketones (excluding diaryl/α,β-unsaturated/α-hetero) is 1. The van der Waals surface area contributed by atoms with Crippen molar-refractivity contribution in [2.24, 2.45) is 16.4 Å². The first-order valence-electron chi connectivity index (χ1n) is 21.6. The number of carbonyl (C=O) groups excluding carboxylic acids is 5. The molecule has 4 bridgehead atoms. The number of ether oxygens (including phenoxy) is 6. The molecule has 3 aromatic carbocycles. The molecular formula is C49H52N4O13. The summed E-state index contributed by atoms with van der Waals surface area (Å²) in [6, 6.07) is 20.9. The fourth-order valence-electron chi connectivity index (χ4n) is 9.64. The van der Waals surface area contributed by atoms with Gasteiger partial charge in [0, 0.05) is 53.5 Å². The number of esters is 3. The van der Waals surface area contributed by atoms with Gasteiger partial charge in [-0.15, -0.1) is 0 Å². The largest absolute Gasteiger partial charge is 0.485 e. The molecule has 0 unspecified atom stereocenters. The van der Waals surface area contributed by atoms with Gasteiger partial charge in [0.25, 0.3) is 5.91 Å². The molecule has 17 heteroatoms. The Balaban J connectivity index is 1.39. The van der Waals surface area contributed by atoms with Crippen molar-refractivity contribution in [1.29, 1.82) is 0 Å². The van der Waals surface area contributed by atoms with E-state index in [-0.39, 0.29) is 72.1 Å². The number of rotatable bonds is 10. The van der Waals surface area contributed by atoms with Crippen molar-refractivity contribution >= 4 is 35.3 Å². The zero-order valence-electron chi connectivity index (χ0n) is 37.2. The van der Waals surface area contributed by atoms with Crippen molar-refractivity contribution in [2.45, 2.75) is 89.1 Å². The van der Waals surface area contributed by atoms with Crippen molar-refractivity contribution in [1.82, 2.24) is 5.32 Å². The summed E-state index contributed by atoms with van der Waals surface area (Å²) in [7, 11) is 0. The quantitative estimate of drug-likeness (QED) is 0.0510. The summed E-state index contributed by atoms with van der Waals surface area (Å²) in [5, 5.41) is 31.9. The molecule has 4 aliphatic rings. The van der Waals surface area contributed by atoms with E-state index in [1.807, 2.05) is 0 Å². The summed E-state index contributed by atoms with van der Waals surface area (Å²) in [4.78, 5) is 73.8. The second-order valence-electron chi connectivity index (χ2n) is 17.3. The minimum Gasteiger partial charge on any atom is -0.485 e. The Bertz CT molecular complexity index is 2520. The third-order valence-corrected chi connectivity index (χ3v) is 13.0. The van der Waals surface area contributed by atoms with Crippen molar-refractivity contribution in [2.75, 3.05) is 26.4 Å². The first-order valence-corrected chi connectivity index (χ1v) is 21.6. The van der Waals surface area contributed by atoms with E-state index in [1.54, 1.807) is 101 Å². The maximum Gasteiger partial charge on any atom is 0.338 e. The van der Waals surface area contributed by atoms with E-state index in [9.17, 15) is 29.4 Å². The highest BCUT2D eigenvalue weighted by atomic mass is 16.6. The number of fused-ring (bicyclic) bond motifs is 5. The van der Waals surface area contributed by atoms with Crippen LogP contribution in [0.1, 0.15) is 79.8 Å². The zero-order valence-corrected chi connectivity index (χ0v) is 37.2. The molecule has 3 N–H and O–H groups in total. The van der Waals surface area contributed by atoms with Crippen LogP contribution in [-0.2, 0) is 42.8 Å². The number of amides is 1. The Morgan fingerprint density at radius 3 is 2.27 bits per heavy atom. The van der Waals surface area contributed by atoms with Crippen LogP contribution in [0.4, 0.5) is 5.69 Å². The van der Waals surface area contributed by atoms with Crippen molar-refractivity contribution in [3.05, 3.63) is 147 Å². The van der Waals surface area contributed by atoms with Gasteiger partial charge < -0.3 is 44.0 Å². The molecule has 0 saturated carbocycles. The summed E-state index contributed by atoms with van der Waals surface area (Å²) in [5.41, 5.74) is 4.48. The summed E-state index contributed by atoms with van der Waals surface area (Å²) < 4.78 is 37.1. The second kappa shape index (κ2) is 19.5. The minimum atomic E-state index is -2.36. The predicted molar refractivity (Wildman–Crippen MR) is 235 cm³/mol. The van der Waals surface area contributed by atoms with E-state index < -0.39 is 89.0 Å². The Kier molecular flexibility index (Phi) is 14.0. The Labute approximate surface area is 381 Å². The van der Waals surface area contributed by atoms with Gasteiger partial charge in [0.1, 0.15) is 30.5 Å². The maximum absolute atomic E-state index is 15.4. The standard InChI is InChI=1S/C49H52N4O13/c1-28-35(64-46(59)41(56)39(31-15-8-6-9-16-31)51-44(57)32-17-10-7-11-18-32)26-49(60)43(65-45(58)33-19-14-20-34(25-33)52-53-50)38-29(2)42(40(55)37(28)47(49,4)5)62-23-13-12-22-61-24-21-36-48(38,27-63-36)66-30(3)54/h6-20,25,35-36,38-39,41,43,56,60H,21-24,26-27H2,1-5H3,(H,51,57)/b13-12+,42-29+/t35-,36+,38+,39-,41+,43-,48-,49+/m0/s1. The molecule has 2 heterocycles. The average molecular weight is 905 g/mol. The van der Waals surface area contributed by atoms with Crippen LogP contribution in [0.3, 0.4) is 0 Å². The molecule has 8 atom stereocenters. The highest BCUT2D eigenvalue weighted by Gasteiger charge is 2.70. The molecule has 17 nitrogen and oxygen atoms in total. The number of carbonyl (C=O) groups is 5. The summed E-state index contributed by atoms with van der Waals surface area (Å²) in [6.07, 6.45) is -3.09. The molecular weight excluding hydrogens is 853 g/mol. The molecule has 0 spiro atoms. The van der Waals surface area contributed by atoms with E-state index in [0.29, 0.717) is 5.56 Å². The minimum absolute atomic E-state index is 0.0284. The Hall–Kier alpha value is -6.62. The molecule has 7 rings (SSSR count). The number of nitrogens with zero attached hydrogens (tertiary/aromatic N) is 3. The van der Waals surface area contributed by atoms with Gasteiger partial charge in [-0.3, -0.25) is 14.4 Å². The maximum atomic E-state index is 15.4. The molecule has 66 heavy (non-hydrogen) atoms. The molecule has 1 saturated heterocycles. The molecule has 2 aliphatic heterocycles. The van der Waals surface area contributed by atoms with Gasteiger partial charge >= 0.3 is 17.9 Å². The first-order chi connectivity index (χ1) is 31.5. The van der Waals surface area contributed by atoms with E-state index in [4.69, 9.17) is 34.0 Å². The number of hydrogen-bond donors (Lipinski definition) is 3. The van der Waals surface area contributed by atoms with Gasteiger partial charge in [-0.25, -0.2) is 9.59 Å². The van der Waals surface area contributed by atoms with Crippen LogP contribution in [0.25, 0.3) is 10.4 Å². The van der Waals surface area contributed by atoms with E-state index >= 15 is 4.79 Å².